The van der Waals surface area contributed by atoms with Gasteiger partial charge in [0.25, 0.3) is 0 Å². The SMILES string of the molecule is COP(=O)([O-])C(Cl)P(=O)([O-])[O-].COP(=O)([O-])C(Cl)P(=O)([O-])[O-].[Ca+2].[Ca+2].[Ca+2]. The van der Waals surface area contributed by atoms with Gasteiger partial charge in [-0.3, -0.25) is 0 Å². The van der Waals surface area contributed by atoms with Crippen LogP contribution >= 0.6 is 53.6 Å². The third-order valence-electron chi connectivity index (χ3n) is 1.55. The summed E-state index contributed by atoms with van der Waals surface area (Å²) >= 11 is 9.52. The van der Waals surface area contributed by atoms with Gasteiger partial charge in [-0.2, -0.15) is 0 Å². The van der Waals surface area contributed by atoms with Gasteiger partial charge in [0.2, 0.25) is 0 Å². The summed E-state index contributed by atoms with van der Waals surface area (Å²) in [5, 5.41) is 0. The van der Waals surface area contributed by atoms with E-state index in [0.29, 0.717) is 0 Å². The molecule has 0 bridgehead atoms. The van der Waals surface area contributed by atoms with Crippen molar-refractivity contribution in [2.45, 2.75) is 9.72 Å². The van der Waals surface area contributed by atoms with Gasteiger partial charge in [-0.15, -0.1) is 23.2 Å². The first-order chi connectivity index (χ1) is 9.43. The Morgan fingerprint density at radius 3 is 0.840 bits per heavy atom. The Hall–Kier alpha value is 4.96. The molecule has 21 heteroatoms. The van der Waals surface area contributed by atoms with Gasteiger partial charge in [-0.25, -0.2) is 0 Å². The van der Waals surface area contributed by atoms with E-state index in [2.05, 4.69) is 9.05 Å². The maximum absolute atomic E-state index is 10.4. The van der Waals surface area contributed by atoms with Crippen LogP contribution in [0.3, 0.4) is 0 Å². The minimum atomic E-state index is -5.33. The summed E-state index contributed by atoms with van der Waals surface area (Å²) in [4.78, 5) is 55.9. The summed E-state index contributed by atoms with van der Waals surface area (Å²) in [6.07, 6.45) is 0. The van der Waals surface area contributed by atoms with E-state index >= 15 is 0 Å². The summed E-state index contributed by atoms with van der Waals surface area (Å²) < 4.78 is 48.4. The summed E-state index contributed by atoms with van der Waals surface area (Å²) in [6, 6.07) is 0. The van der Waals surface area contributed by atoms with E-state index in [0.717, 1.165) is 14.2 Å². The average Bonchev–Trinajstić information content (AvgIpc) is 2.35. The first-order valence-corrected chi connectivity index (χ1v) is 11.8. The zero-order valence-corrected chi connectivity index (χ0v) is 24.4. The van der Waals surface area contributed by atoms with E-state index in [1.165, 1.54) is 0 Å². The average molecular weight is 563 g/mol. The van der Waals surface area contributed by atoms with Crippen molar-refractivity contribution in [2.24, 2.45) is 0 Å². The standard InChI is InChI=1S/2C2H7ClO6P2.3Ca/c2*1-9-11(7,8)2(3)10(4,5)6;;;/h2*2H,1H3,(H,7,8)(H2,4,5,6);;;/q;;3*+2/p-6. The maximum atomic E-state index is 10.4. The largest absolute Gasteiger partial charge is 2.00 e. The van der Waals surface area contributed by atoms with Crippen molar-refractivity contribution >= 4 is 167 Å². The van der Waals surface area contributed by atoms with Gasteiger partial charge in [-0.05, 0) is 15.2 Å². The molecule has 4 unspecified atom stereocenters. The van der Waals surface area contributed by atoms with Crippen LogP contribution in [0.2, 0.25) is 0 Å². The van der Waals surface area contributed by atoms with Crippen LogP contribution in [-0.4, -0.2) is 137 Å². The van der Waals surface area contributed by atoms with E-state index < -0.39 is 40.1 Å². The van der Waals surface area contributed by atoms with Crippen molar-refractivity contribution in [3.8, 4) is 0 Å². The third kappa shape index (κ3) is 17.2. The minimum Gasteiger partial charge on any atom is -0.809 e. The molecule has 0 fully saturated rings. The zero-order chi connectivity index (χ0) is 18.6. The van der Waals surface area contributed by atoms with Crippen LogP contribution in [0.4, 0.5) is 0 Å². The molecule has 0 radical (unpaired) electrons. The molecule has 0 saturated carbocycles. The smallest absolute Gasteiger partial charge is 0.809 e. The Morgan fingerprint density at radius 2 is 0.800 bits per heavy atom. The topological polar surface area (TPSA) is 225 Å². The first kappa shape index (κ1) is 40.3. The summed E-state index contributed by atoms with van der Waals surface area (Å²) in [7, 11) is -18.7. The fourth-order valence-electron chi connectivity index (χ4n) is 0.520. The second kappa shape index (κ2) is 16.6. The molecule has 0 aromatic rings. The second-order valence-corrected chi connectivity index (χ2v) is 13.2. The Bertz CT molecular complexity index is 502. The van der Waals surface area contributed by atoms with E-state index in [1.807, 2.05) is 0 Å². The van der Waals surface area contributed by atoms with E-state index in [1.54, 1.807) is 0 Å². The molecule has 0 aliphatic carbocycles. The molecule has 0 saturated heterocycles. The van der Waals surface area contributed by atoms with E-state index in [9.17, 15) is 47.6 Å². The summed E-state index contributed by atoms with van der Waals surface area (Å²) in [6.45, 7) is 0. The van der Waals surface area contributed by atoms with Gasteiger partial charge in [-0.1, -0.05) is 0 Å². The molecule has 136 valence electrons. The molecule has 25 heavy (non-hydrogen) atoms. The molecule has 0 heterocycles. The predicted octanol–water partition coefficient (Wildman–Crippen LogP) is -3.90. The van der Waals surface area contributed by atoms with Gasteiger partial charge in [0, 0.05) is 14.2 Å². The van der Waals surface area contributed by atoms with Gasteiger partial charge < -0.3 is 56.7 Å². The quantitative estimate of drug-likeness (QED) is 0.172. The Labute approximate surface area is 243 Å². The number of rotatable bonds is 6. The first-order valence-electron chi connectivity index (χ1n) is 4.48. The van der Waals surface area contributed by atoms with Crippen LogP contribution in [0, 0.1) is 0 Å². The molecule has 0 aromatic carbocycles. The zero-order valence-electron chi connectivity index (χ0n) is 12.7. The minimum absolute atomic E-state index is 0. The van der Waals surface area contributed by atoms with Crippen molar-refractivity contribution in [1.82, 2.24) is 0 Å². The molecule has 0 amide bonds. The van der Waals surface area contributed by atoms with Crippen molar-refractivity contribution in [1.29, 1.82) is 0 Å². The van der Waals surface area contributed by atoms with Crippen LogP contribution in [0.1, 0.15) is 0 Å². The molecule has 0 aliphatic rings. The molecular weight excluding hydrogens is 555 g/mol. The summed E-state index contributed by atoms with van der Waals surface area (Å²) in [5.74, 6) is 0. The molecule has 0 aliphatic heterocycles. The van der Waals surface area contributed by atoms with E-state index in [-0.39, 0.29) is 113 Å². The predicted molar refractivity (Wildman–Crippen MR) is 81.0 cm³/mol. The van der Waals surface area contributed by atoms with Crippen molar-refractivity contribution in [3.63, 3.8) is 0 Å². The van der Waals surface area contributed by atoms with Crippen molar-refractivity contribution in [2.75, 3.05) is 14.2 Å². The second-order valence-electron chi connectivity index (χ2n) is 3.15. The molecule has 12 nitrogen and oxygen atoms in total. The van der Waals surface area contributed by atoms with Crippen LogP contribution < -0.4 is 29.4 Å². The van der Waals surface area contributed by atoms with Gasteiger partial charge in [0.05, 0.1) is 0 Å². The number of hydrogen-bond donors (Lipinski definition) is 0. The number of halogens is 2. The van der Waals surface area contributed by atoms with Gasteiger partial charge >= 0.3 is 113 Å². The third-order valence-corrected chi connectivity index (χ3v) is 10.9. The van der Waals surface area contributed by atoms with Crippen molar-refractivity contribution < 1.29 is 56.7 Å². The van der Waals surface area contributed by atoms with E-state index in [4.69, 9.17) is 23.2 Å². The Kier molecular flexibility index (Phi) is 26.7. The van der Waals surface area contributed by atoms with Crippen LogP contribution in [0.25, 0.3) is 0 Å². The van der Waals surface area contributed by atoms with Gasteiger partial charge in [0.1, 0.15) is 9.72 Å². The number of alkyl halides is 2. The Balaban J connectivity index is -0.0000000952. The Morgan fingerprint density at radius 1 is 0.640 bits per heavy atom. The fraction of sp³-hybridized carbons (Fsp3) is 1.00. The van der Waals surface area contributed by atoms with Crippen LogP contribution in [-0.2, 0) is 27.3 Å². The summed E-state index contributed by atoms with van der Waals surface area (Å²) in [5.41, 5.74) is 0. The molecule has 0 rings (SSSR count). The molecular formula is C4H8Ca3Cl2O12P4. The van der Waals surface area contributed by atoms with Crippen LogP contribution in [0.5, 0.6) is 0 Å². The van der Waals surface area contributed by atoms with Gasteiger partial charge in [0.15, 0.2) is 15.2 Å². The van der Waals surface area contributed by atoms with Crippen molar-refractivity contribution in [3.05, 3.63) is 0 Å². The molecule has 0 aromatic heterocycles. The van der Waals surface area contributed by atoms with Crippen LogP contribution in [0.15, 0.2) is 0 Å². The normalized spacial score (nSPS) is 18.3. The molecule has 4 atom stereocenters. The molecule has 0 N–H and O–H groups in total. The molecule has 0 spiro atoms. The number of hydrogen-bond acceptors (Lipinski definition) is 12. The maximum Gasteiger partial charge on any atom is 2.00 e. The fourth-order valence-corrected chi connectivity index (χ4v) is 4.68. The monoisotopic (exact) mass is 562 g/mol.